The van der Waals surface area contributed by atoms with E-state index in [2.05, 4.69) is 31.7 Å². The molecule has 1 aliphatic rings. The van der Waals surface area contributed by atoms with Gasteiger partial charge in [-0.1, -0.05) is 6.07 Å². The SMILES string of the molecule is CN(C)c1ccc(Nc2nccc(-c3ccc(NC(=O)C4CC4)c(C#N)c3)n2)cn1. The van der Waals surface area contributed by atoms with Crippen LogP contribution in [0.2, 0.25) is 0 Å². The average Bonchev–Trinajstić information content (AvgIpc) is 3.60. The lowest BCUT2D eigenvalue weighted by molar-refractivity contribution is -0.117. The van der Waals surface area contributed by atoms with E-state index in [4.69, 9.17) is 0 Å². The number of hydrogen-bond acceptors (Lipinski definition) is 7. The van der Waals surface area contributed by atoms with Crippen molar-refractivity contribution in [2.45, 2.75) is 12.8 Å². The third-order valence-corrected chi connectivity index (χ3v) is 4.76. The van der Waals surface area contributed by atoms with Crippen LogP contribution in [-0.4, -0.2) is 35.0 Å². The van der Waals surface area contributed by atoms with Crippen LogP contribution >= 0.6 is 0 Å². The second-order valence-electron chi connectivity index (χ2n) is 7.33. The van der Waals surface area contributed by atoms with Gasteiger partial charge in [0.1, 0.15) is 11.9 Å². The molecular weight excluding hydrogens is 378 g/mol. The minimum Gasteiger partial charge on any atom is -0.363 e. The second-order valence-corrected chi connectivity index (χ2v) is 7.33. The van der Waals surface area contributed by atoms with E-state index < -0.39 is 0 Å². The number of nitriles is 1. The molecule has 8 nitrogen and oxygen atoms in total. The topological polar surface area (TPSA) is 107 Å². The number of carbonyl (C=O) groups is 1. The van der Waals surface area contributed by atoms with Gasteiger partial charge in [-0.15, -0.1) is 0 Å². The van der Waals surface area contributed by atoms with Crippen molar-refractivity contribution in [2.75, 3.05) is 29.6 Å². The lowest BCUT2D eigenvalue weighted by atomic mass is 10.1. The molecule has 2 aromatic heterocycles. The van der Waals surface area contributed by atoms with Crippen LogP contribution in [0.5, 0.6) is 0 Å². The number of aromatic nitrogens is 3. The zero-order valence-electron chi connectivity index (χ0n) is 16.8. The summed E-state index contributed by atoms with van der Waals surface area (Å²) in [5, 5.41) is 15.5. The highest BCUT2D eigenvalue weighted by Gasteiger charge is 2.30. The van der Waals surface area contributed by atoms with Gasteiger partial charge in [0.05, 0.1) is 28.8 Å². The fraction of sp³-hybridized carbons (Fsp3) is 0.227. The monoisotopic (exact) mass is 399 g/mol. The molecule has 30 heavy (non-hydrogen) atoms. The number of rotatable bonds is 6. The number of hydrogen-bond donors (Lipinski definition) is 2. The maximum absolute atomic E-state index is 12.0. The highest BCUT2D eigenvalue weighted by atomic mass is 16.2. The summed E-state index contributed by atoms with van der Waals surface area (Å²) in [5.74, 6) is 1.33. The van der Waals surface area contributed by atoms with E-state index in [9.17, 15) is 10.1 Å². The number of benzene rings is 1. The molecule has 0 bridgehead atoms. The molecule has 0 saturated heterocycles. The Labute approximate surface area is 174 Å². The van der Waals surface area contributed by atoms with E-state index in [0.29, 0.717) is 22.9 Å². The van der Waals surface area contributed by atoms with Crippen molar-refractivity contribution in [2.24, 2.45) is 5.92 Å². The Kier molecular flexibility index (Phi) is 5.26. The molecule has 1 fully saturated rings. The van der Waals surface area contributed by atoms with Gasteiger partial charge in [-0.25, -0.2) is 15.0 Å². The smallest absolute Gasteiger partial charge is 0.227 e. The second kappa shape index (κ2) is 8.17. The first-order valence-electron chi connectivity index (χ1n) is 9.62. The Morgan fingerprint density at radius 2 is 2.00 bits per heavy atom. The number of nitrogens with one attached hydrogen (secondary N) is 2. The Hall–Kier alpha value is -3.99. The standard InChI is InChI=1S/C22H21N7O/c1-29(2)20-8-6-17(13-25-20)26-22-24-10-9-19(28-22)15-5-7-18(16(11-15)12-23)27-21(30)14-3-4-14/h5-11,13-14H,3-4H2,1-2H3,(H,27,30)(H,24,26,28). The minimum absolute atomic E-state index is 0.0262. The summed E-state index contributed by atoms with van der Waals surface area (Å²) in [6.45, 7) is 0. The van der Waals surface area contributed by atoms with E-state index in [-0.39, 0.29) is 11.8 Å². The molecule has 0 aliphatic heterocycles. The maximum Gasteiger partial charge on any atom is 0.227 e. The van der Waals surface area contributed by atoms with Crippen molar-refractivity contribution in [3.8, 4) is 17.3 Å². The number of carbonyl (C=O) groups excluding carboxylic acids is 1. The van der Waals surface area contributed by atoms with Crippen molar-refractivity contribution in [1.29, 1.82) is 5.26 Å². The summed E-state index contributed by atoms with van der Waals surface area (Å²) in [5.41, 5.74) is 3.13. The van der Waals surface area contributed by atoms with Crippen LogP contribution in [0.4, 0.5) is 23.1 Å². The van der Waals surface area contributed by atoms with E-state index in [1.807, 2.05) is 37.2 Å². The van der Waals surface area contributed by atoms with E-state index in [1.165, 1.54) is 0 Å². The normalized spacial score (nSPS) is 12.7. The molecule has 3 aromatic rings. The Bertz CT molecular complexity index is 1120. The van der Waals surface area contributed by atoms with Crippen molar-refractivity contribution in [3.63, 3.8) is 0 Å². The van der Waals surface area contributed by atoms with Gasteiger partial charge in [0.25, 0.3) is 0 Å². The lowest BCUT2D eigenvalue weighted by Gasteiger charge is -2.12. The fourth-order valence-electron chi connectivity index (χ4n) is 2.92. The summed E-state index contributed by atoms with van der Waals surface area (Å²) >= 11 is 0. The molecule has 150 valence electrons. The molecule has 1 aliphatic carbocycles. The first kappa shape index (κ1) is 19.3. The van der Waals surface area contributed by atoms with E-state index in [0.717, 1.165) is 29.9 Å². The Morgan fingerprint density at radius 1 is 1.17 bits per heavy atom. The van der Waals surface area contributed by atoms with Crippen LogP contribution in [0.3, 0.4) is 0 Å². The zero-order valence-corrected chi connectivity index (χ0v) is 16.8. The van der Waals surface area contributed by atoms with Crippen LogP contribution in [-0.2, 0) is 4.79 Å². The van der Waals surface area contributed by atoms with Crippen molar-refractivity contribution >= 4 is 29.0 Å². The molecular formula is C22H21N7O. The van der Waals surface area contributed by atoms with Crippen molar-refractivity contribution < 1.29 is 4.79 Å². The van der Waals surface area contributed by atoms with Crippen molar-refractivity contribution in [1.82, 2.24) is 15.0 Å². The van der Waals surface area contributed by atoms with Gasteiger partial charge in [0, 0.05) is 31.8 Å². The Morgan fingerprint density at radius 3 is 2.67 bits per heavy atom. The van der Waals surface area contributed by atoms with Crippen LogP contribution in [0.15, 0.2) is 48.8 Å². The van der Waals surface area contributed by atoms with Gasteiger partial charge in [0.2, 0.25) is 11.9 Å². The lowest BCUT2D eigenvalue weighted by Crippen LogP contribution is -2.14. The predicted molar refractivity (Wildman–Crippen MR) is 115 cm³/mol. The molecule has 1 saturated carbocycles. The maximum atomic E-state index is 12.0. The Balaban J connectivity index is 1.54. The van der Waals surface area contributed by atoms with Crippen LogP contribution < -0.4 is 15.5 Å². The predicted octanol–water partition coefficient (Wildman–Crippen LogP) is 3.57. The molecule has 2 heterocycles. The van der Waals surface area contributed by atoms with Gasteiger partial charge < -0.3 is 15.5 Å². The quantitative estimate of drug-likeness (QED) is 0.652. The fourth-order valence-corrected chi connectivity index (χ4v) is 2.92. The number of amides is 1. The van der Waals surface area contributed by atoms with Gasteiger partial charge in [-0.05, 0) is 43.2 Å². The molecule has 0 unspecified atom stereocenters. The molecule has 0 spiro atoms. The van der Waals surface area contributed by atoms with Gasteiger partial charge in [-0.2, -0.15) is 5.26 Å². The first-order valence-corrected chi connectivity index (χ1v) is 9.62. The molecule has 8 heteroatoms. The third-order valence-electron chi connectivity index (χ3n) is 4.76. The molecule has 1 amide bonds. The largest absolute Gasteiger partial charge is 0.363 e. The zero-order chi connectivity index (χ0) is 21.1. The number of nitrogens with zero attached hydrogens (tertiary/aromatic N) is 5. The molecule has 4 rings (SSSR count). The van der Waals surface area contributed by atoms with Crippen LogP contribution in [0, 0.1) is 17.2 Å². The highest BCUT2D eigenvalue weighted by Crippen LogP contribution is 2.31. The van der Waals surface area contributed by atoms with E-state index >= 15 is 0 Å². The van der Waals surface area contributed by atoms with Crippen molar-refractivity contribution in [3.05, 3.63) is 54.4 Å². The molecule has 0 atom stereocenters. The average molecular weight is 399 g/mol. The molecule has 2 N–H and O–H groups in total. The first-order chi connectivity index (χ1) is 14.5. The summed E-state index contributed by atoms with van der Waals surface area (Å²) in [6, 6.07) is 13.0. The highest BCUT2D eigenvalue weighted by molar-refractivity contribution is 5.95. The number of anilines is 4. The van der Waals surface area contributed by atoms with Gasteiger partial charge in [0.15, 0.2) is 0 Å². The molecule has 1 aromatic carbocycles. The summed E-state index contributed by atoms with van der Waals surface area (Å²) in [7, 11) is 3.86. The minimum atomic E-state index is -0.0262. The number of pyridine rings is 1. The van der Waals surface area contributed by atoms with Gasteiger partial charge in [-0.3, -0.25) is 4.79 Å². The summed E-state index contributed by atoms with van der Waals surface area (Å²) < 4.78 is 0. The van der Waals surface area contributed by atoms with Gasteiger partial charge >= 0.3 is 0 Å². The van der Waals surface area contributed by atoms with E-state index in [1.54, 1.807) is 30.6 Å². The summed E-state index contributed by atoms with van der Waals surface area (Å²) in [6.07, 6.45) is 5.20. The molecule has 0 radical (unpaired) electrons. The third kappa shape index (κ3) is 4.36. The van der Waals surface area contributed by atoms with Crippen LogP contribution in [0.25, 0.3) is 11.3 Å². The summed E-state index contributed by atoms with van der Waals surface area (Å²) in [4.78, 5) is 27.1. The van der Waals surface area contributed by atoms with Crippen LogP contribution in [0.1, 0.15) is 18.4 Å².